The summed E-state index contributed by atoms with van der Waals surface area (Å²) < 4.78 is 0. The first kappa shape index (κ1) is 11.9. The van der Waals surface area contributed by atoms with E-state index in [0.29, 0.717) is 11.1 Å². The summed E-state index contributed by atoms with van der Waals surface area (Å²) >= 11 is 0. The van der Waals surface area contributed by atoms with Gasteiger partial charge in [0.05, 0.1) is 10.5 Å². The highest BCUT2D eigenvalue weighted by Gasteiger charge is 2.16. The molecule has 84 valence electrons. The van der Waals surface area contributed by atoms with Gasteiger partial charge in [-0.2, -0.15) is 0 Å². The second-order valence-corrected chi connectivity index (χ2v) is 3.33. The second kappa shape index (κ2) is 4.57. The van der Waals surface area contributed by atoms with Gasteiger partial charge in [-0.1, -0.05) is 12.1 Å². The topological polar surface area (TPSA) is 80.4 Å². The molecule has 0 saturated heterocycles. The van der Waals surface area contributed by atoms with E-state index < -0.39 is 10.9 Å². The lowest BCUT2D eigenvalue weighted by molar-refractivity contribution is -0.385. The van der Waals surface area contributed by atoms with Crippen LogP contribution in [0.15, 0.2) is 29.8 Å². The van der Waals surface area contributed by atoms with Crippen molar-refractivity contribution < 1.29 is 14.8 Å². The average Bonchev–Trinajstić information content (AvgIpc) is 2.26. The third kappa shape index (κ3) is 2.25. The predicted molar refractivity (Wildman–Crippen MR) is 59.0 cm³/mol. The van der Waals surface area contributed by atoms with Crippen molar-refractivity contribution in [3.05, 3.63) is 45.5 Å². The number of rotatable bonds is 3. The molecule has 0 heterocycles. The molecule has 0 fully saturated rings. The maximum atomic E-state index is 10.8. The molecule has 5 nitrogen and oxygen atoms in total. The Kier molecular flexibility index (Phi) is 3.40. The lowest BCUT2D eigenvalue weighted by atomic mass is 10.0. The van der Waals surface area contributed by atoms with Crippen molar-refractivity contribution in [3.63, 3.8) is 0 Å². The largest absolute Gasteiger partial charge is 0.478 e. The summed E-state index contributed by atoms with van der Waals surface area (Å²) in [5, 5.41) is 19.6. The molecule has 0 saturated carbocycles. The number of aliphatic carboxylic acids is 1. The van der Waals surface area contributed by atoms with E-state index >= 15 is 0 Å². The molecule has 0 aromatic heterocycles. The summed E-state index contributed by atoms with van der Waals surface area (Å²) in [5.41, 5.74) is 0.766. The molecule has 5 heteroatoms. The van der Waals surface area contributed by atoms with Crippen LogP contribution in [0.5, 0.6) is 0 Å². The van der Waals surface area contributed by atoms with E-state index in [1.807, 2.05) is 0 Å². The van der Waals surface area contributed by atoms with Crippen molar-refractivity contribution in [1.82, 2.24) is 0 Å². The number of nitrogens with zero attached hydrogens (tertiary/aromatic N) is 1. The molecule has 1 rings (SSSR count). The Morgan fingerprint density at radius 1 is 1.31 bits per heavy atom. The first-order chi connectivity index (χ1) is 7.45. The summed E-state index contributed by atoms with van der Waals surface area (Å²) in [5.74, 6) is -1.07. The molecular formula is C11H11NO4. The van der Waals surface area contributed by atoms with Gasteiger partial charge in [0.2, 0.25) is 0 Å². The number of carboxylic acids is 1. The van der Waals surface area contributed by atoms with E-state index in [1.54, 1.807) is 25.1 Å². The molecule has 0 atom stereocenters. The third-order valence-electron chi connectivity index (χ3n) is 2.39. The van der Waals surface area contributed by atoms with E-state index in [9.17, 15) is 14.9 Å². The van der Waals surface area contributed by atoms with Gasteiger partial charge in [0.15, 0.2) is 0 Å². The quantitative estimate of drug-likeness (QED) is 0.483. The monoisotopic (exact) mass is 221 g/mol. The van der Waals surface area contributed by atoms with Gasteiger partial charge in [-0.05, 0) is 25.5 Å². The molecule has 0 spiro atoms. The number of hydrogen-bond donors (Lipinski definition) is 1. The van der Waals surface area contributed by atoms with Gasteiger partial charge < -0.3 is 5.11 Å². The Morgan fingerprint density at radius 3 is 2.38 bits per heavy atom. The molecule has 16 heavy (non-hydrogen) atoms. The molecule has 0 amide bonds. The maximum absolute atomic E-state index is 10.8. The highest BCUT2D eigenvalue weighted by atomic mass is 16.6. The van der Waals surface area contributed by atoms with Crippen LogP contribution in [0, 0.1) is 10.1 Å². The Hall–Kier alpha value is -2.17. The number of nitro groups is 1. The zero-order valence-electron chi connectivity index (χ0n) is 8.93. The smallest absolute Gasteiger partial charge is 0.331 e. The highest BCUT2D eigenvalue weighted by Crippen LogP contribution is 2.27. The molecule has 1 aromatic carbocycles. The Balaban J connectivity index is 3.39. The number of allylic oxidation sites excluding steroid dienone is 1. The van der Waals surface area contributed by atoms with Crippen LogP contribution in [0.25, 0.3) is 5.57 Å². The van der Waals surface area contributed by atoms with Gasteiger partial charge in [-0.15, -0.1) is 0 Å². The Labute approximate surface area is 92.2 Å². The molecule has 1 N–H and O–H groups in total. The van der Waals surface area contributed by atoms with Crippen LogP contribution >= 0.6 is 0 Å². The van der Waals surface area contributed by atoms with Crippen LogP contribution in [0.4, 0.5) is 5.69 Å². The van der Waals surface area contributed by atoms with Crippen LogP contribution in [-0.2, 0) is 4.79 Å². The molecule has 0 aliphatic heterocycles. The first-order valence-corrected chi connectivity index (χ1v) is 4.59. The van der Waals surface area contributed by atoms with E-state index in [4.69, 9.17) is 5.11 Å². The number of nitro benzene ring substituents is 1. The van der Waals surface area contributed by atoms with Crippen LogP contribution in [-0.4, -0.2) is 16.0 Å². The minimum Gasteiger partial charge on any atom is -0.478 e. The third-order valence-corrected chi connectivity index (χ3v) is 2.39. The van der Waals surface area contributed by atoms with Crippen molar-refractivity contribution in [1.29, 1.82) is 0 Å². The molecule has 0 aliphatic rings. The van der Waals surface area contributed by atoms with Gasteiger partial charge >= 0.3 is 5.97 Å². The minimum atomic E-state index is -1.07. The zero-order valence-corrected chi connectivity index (χ0v) is 8.93. The van der Waals surface area contributed by atoms with Gasteiger partial charge in [0, 0.05) is 11.6 Å². The summed E-state index contributed by atoms with van der Waals surface area (Å²) in [4.78, 5) is 21.0. The molecular weight excluding hydrogens is 210 g/mol. The summed E-state index contributed by atoms with van der Waals surface area (Å²) in [6, 6.07) is 6.08. The van der Waals surface area contributed by atoms with Gasteiger partial charge in [0.25, 0.3) is 5.69 Å². The summed E-state index contributed by atoms with van der Waals surface area (Å²) in [7, 11) is 0. The number of benzene rings is 1. The summed E-state index contributed by atoms with van der Waals surface area (Å²) in [6.45, 7) is 2.99. The maximum Gasteiger partial charge on any atom is 0.331 e. The van der Waals surface area contributed by atoms with E-state index in [-0.39, 0.29) is 11.3 Å². The number of hydrogen-bond acceptors (Lipinski definition) is 3. The Morgan fingerprint density at radius 2 is 1.88 bits per heavy atom. The summed E-state index contributed by atoms with van der Waals surface area (Å²) in [6.07, 6.45) is 0. The zero-order chi connectivity index (χ0) is 12.3. The lowest BCUT2D eigenvalue weighted by Crippen LogP contribution is -2.01. The van der Waals surface area contributed by atoms with Crippen molar-refractivity contribution >= 4 is 17.2 Å². The average molecular weight is 221 g/mol. The van der Waals surface area contributed by atoms with Gasteiger partial charge in [0.1, 0.15) is 0 Å². The molecule has 0 aliphatic carbocycles. The van der Waals surface area contributed by atoms with E-state index in [2.05, 4.69) is 0 Å². The minimum absolute atomic E-state index is 0.0828. The molecule has 0 bridgehead atoms. The van der Waals surface area contributed by atoms with E-state index in [1.165, 1.54) is 13.0 Å². The normalized spacial score (nSPS) is 11.9. The van der Waals surface area contributed by atoms with Crippen molar-refractivity contribution in [2.75, 3.05) is 0 Å². The fourth-order valence-electron chi connectivity index (χ4n) is 1.31. The standard InChI is InChI=1S/C11H11NO4/c1-7(8(2)11(13)14)9-5-3-4-6-10(9)12(15)16/h3-6H,1-2H3,(H,13,14)/b8-7-. The lowest BCUT2D eigenvalue weighted by Gasteiger charge is -2.05. The van der Waals surface area contributed by atoms with Crippen LogP contribution in [0.2, 0.25) is 0 Å². The number of carboxylic acid groups (broad SMARTS) is 1. The Bertz CT molecular complexity index is 477. The van der Waals surface area contributed by atoms with Crippen LogP contribution < -0.4 is 0 Å². The van der Waals surface area contributed by atoms with Gasteiger partial charge in [-0.25, -0.2) is 4.79 Å². The molecule has 0 unspecified atom stereocenters. The van der Waals surface area contributed by atoms with Crippen LogP contribution in [0.3, 0.4) is 0 Å². The first-order valence-electron chi connectivity index (χ1n) is 4.59. The van der Waals surface area contributed by atoms with Crippen molar-refractivity contribution in [2.24, 2.45) is 0 Å². The van der Waals surface area contributed by atoms with Gasteiger partial charge in [-0.3, -0.25) is 10.1 Å². The number of carbonyl (C=O) groups is 1. The van der Waals surface area contributed by atoms with Crippen LogP contribution in [0.1, 0.15) is 19.4 Å². The van der Waals surface area contributed by atoms with Crippen molar-refractivity contribution in [2.45, 2.75) is 13.8 Å². The highest BCUT2D eigenvalue weighted by molar-refractivity contribution is 5.96. The SMILES string of the molecule is C/C(C(=O)O)=C(\C)c1ccccc1[N+](=O)[O-]. The van der Waals surface area contributed by atoms with E-state index in [0.717, 1.165) is 0 Å². The number of para-hydroxylation sites is 1. The molecule has 1 aromatic rings. The van der Waals surface area contributed by atoms with Crippen molar-refractivity contribution in [3.8, 4) is 0 Å². The fourth-order valence-corrected chi connectivity index (χ4v) is 1.31. The molecule has 0 radical (unpaired) electrons. The predicted octanol–water partition coefficient (Wildman–Crippen LogP) is 2.47. The fraction of sp³-hybridized carbons (Fsp3) is 0.182. The second-order valence-electron chi connectivity index (χ2n) is 3.33.